The number of fused-ring (bicyclic) bond motifs is 1. The van der Waals surface area contributed by atoms with Crippen LogP contribution in [0.1, 0.15) is 54.4 Å². The monoisotopic (exact) mass is 416 g/mol. The highest BCUT2D eigenvalue weighted by molar-refractivity contribution is 6.25. The van der Waals surface area contributed by atoms with E-state index in [9.17, 15) is 9.59 Å². The fraction of sp³-hybridized carbons (Fsp3) is 0.407. The highest BCUT2D eigenvalue weighted by Crippen LogP contribution is 2.29. The molecule has 0 spiro atoms. The van der Waals surface area contributed by atoms with E-state index in [1.807, 2.05) is 43.4 Å². The molecule has 0 amide bonds. The van der Waals surface area contributed by atoms with Gasteiger partial charge in [0.15, 0.2) is 11.6 Å². The van der Waals surface area contributed by atoms with E-state index in [0.29, 0.717) is 11.6 Å². The van der Waals surface area contributed by atoms with Crippen LogP contribution in [0.4, 0.5) is 5.69 Å². The van der Waals surface area contributed by atoms with Gasteiger partial charge in [-0.3, -0.25) is 14.5 Å². The van der Waals surface area contributed by atoms with E-state index in [0.717, 1.165) is 28.9 Å². The van der Waals surface area contributed by atoms with Gasteiger partial charge in [-0.25, -0.2) is 0 Å². The van der Waals surface area contributed by atoms with Crippen molar-refractivity contribution in [1.82, 2.24) is 4.90 Å². The molecule has 31 heavy (non-hydrogen) atoms. The number of carbonyl (C=O) groups excluding carboxylic acids is 2. The van der Waals surface area contributed by atoms with Gasteiger partial charge in [-0.15, -0.1) is 0 Å². The van der Waals surface area contributed by atoms with E-state index in [2.05, 4.69) is 23.3 Å². The molecule has 1 N–H and O–H groups in total. The van der Waals surface area contributed by atoms with Gasteiger partial charge in [-0.05, 0) is 54.3 Å². The fourth-order valence-electron chi connectivity index (χ4n) is 4.97. The van der Waals surface area contributed by atoms with E-state index in [1.54, 1.807) is 6.08 Å². The zero-order valence-corrected chi connectivity index (χ0v) is 18.6. The maximum absolute atomic E-state index is 13.2. The summed E-state index contributed by atoms with van der Waals surface area (Å²) >= 11 is 0. The predicted molar refractivity (Wildman–Crippen MR) is 126 cm³/mol. The third-order valence-electron chi connectivity index (χ3n) is 6.81. The molecule has 1 fully saturated rings. The number of anilines is 1. The van der Waals surface area contributed by atoms with Crippen LogP contribution in [-0.4, -0.2) is 36.6 Å². The molecule has 4 nitrogen and oxygen atoms in total. The molecule has 162 valence electrons. The summed E-state index contributed by atoms with van der Waals surface area (Å²) in [6.45, 7) is 0.843. The van der Waals surface area contributed by atoms with Crippen LogP contribution in [0, 0.1) is 0 Å². The van der Waals surface area contributed by atoms with Gasteiger partial charge >= 0.3 is 0 Å². The zero-order chi connectivity index (χ0) is 21.8. The third kappa shape index (κ3) is 4.80. The maximum Gasteiger partial charge on any atom is 0.170 e. The van der Waals surface area contributed by atoms with Crippen molar-refractivity contribution in [2.75, 3.05) is 19.4 Å². The Kier molecular flexibility index (Phi) is 6.67. The first-order valence-electron chi connectivity index (χ1n) is 11.4. The van der Waals surface area contributed by atoms with Gasteiger partial charge < -0.3 is 5.32 Å². The van der Waals surface area contributed by atoms with Gasteiger partial charge in [-0.1, -0.05) is 55.7 Å². The second-order valence-electron chi connectivity index (χ2n) is 8.86. The summed E-state index contributed by atoms with van der Waals surface area (Å²) in [6.07, 6.45) is 8.80. The number of Topliss-reactive ketones (excluding diaryl/α,β-unsaturated/α-hetero) is 2. The third-order valence-corrected chi connectivity index (χ3v) is 6.81. The molecule has 0 bridgehead atoms. The normalized spacial score (nSPS) is 16.7. The minimum atomic E-state index is -0.0861. The number of allylic oxidation sites excluding steroid dienone is 1. The molecule has 2 aliphatic carbocycles. The lowest BCUT2D eigenvalue weighted by atomic mass is 9.86. The van der Waals surface area contributed by atoms with Crippen LogP contribution in [-0.2, 0) is 29.0 Å². The van der Waals surface area contributed by atoms with Crippen LogP contribution in [0.5, 0.6) is 0 Å². The first-order chi connectivity index (χ1) is 15.1. The van der Waals surface area contributed by atoms with Crippen LogP contribution in [0.15, 0.2) is 48.0 Å². The van der Waals surface area contributed by atoms with Crippen molar-refractivity contribution < 1.29 is 9.59 Å². The van der Waals surface area contributed by atoms with Crippen molar-refractivity contribution in [2.24, 2.45) is 0 Å². The topological polar surface area (TPSA) is 49.4 Å². The number of carbonyl (C=O) groups is 2. The SMILES string of the molecule is CNc1cccc2c1CC(=O)C(C(=O)Cc1ccccc1CN(C)C1CCCCC1)=C2. The lowest BCUT2D eigenvalue weighted by Gasteiger charge is -2.31. The van der Waals surface area contributed by atoms with Crippen LogP contribution in [0.25, 0.3) is 6.08 Å². The van der Waals surface area contributed by atoms with E-state index < -0.39 is 0 Å². The zero-order valence-electron chi connectivity index (χ0n) is 18.6. The Morgan fingerprint density at radius 2 is 1.77 bits per heavy atom. The summed E-state index contributed by atoms with van der Waals surface area (Å²) in [5.74, 6) is -0.171. The Morgan fingerprint density at radius 1 is 1.03 bits per heavy atom. The van der Waals surface area contributed by atoms with Gasteiger partial charge in [-0.2, -0.15) is 0 Å². The second kappa shape index (κ2) is 9.61. The number of ketones is 2. The largest absolute Gasteiger partial charge is 0.388 e. The highest BCUT2D eigenvalue weighted by atomic mass is 16.1. The Balaban J connectivity index is 1.52. The first kappa shape index (κ1) is 21.5. The number of hydrogen-bond acceptors (Lipinski definition) is 4. The fourth-order valence-corrected chi connectivity index (χ4v) is 4.97. The summed E-state index contributed by atoms with van der Waals surface area (Å²) in [5.41, 5.74) is 5.42. The number of nitrogens with one attached hydrogen (secondary N) is 1. The van der Waals surface area contributed by atoms with Crippen molar-refractivity contribution in [3.8, 4) is 0 Å². The molecule has 0 radical (unpaired) electrons. The molecular weight excluding hydrogens is 384 g/mol. The molecule has 0 atom stereocenters. The molecule has 0 saturated heterocycles. The highest BCUT2D eigenvalue weighted by Gasteiger charge is 2.26. The number of nitrogens with zero attached hydrogens (tertiary/aromatic N) is 1. The number of rotatable bonds is 7. The van der Waals surface area contributed by atoms with Crippen LogP contribution in [0.3, 0.4) is 0 Å². The molecule has 2 aromatic carbocycles. The van der Waals surface area contributed by atoms with Gasteiger partial charge in [0.1, 0.15) is 0 Å². The summed E-state index contributed by atoms with van der Waals surface area (Å²) < 4.78 is 0. The van der Waals surface area contributed by atoms with Gasteiger partial charge in [0, 0.05) is 38.2 Å². The van der Waals surface area contributed by atoms with Gasteiger partial charge in [0.25, 0.3) is 0 Å². The Hall–Kier alpha value is -2.72. The van der Waals surface area contributed by atoms with Crippen molar-refractivity contribution >= 4 is 23.3 Å². The Morgan fingerprint density at radius 3 is 2.52 bits per heavy atom. The van der Waals surface area contributed by atoms with Crippen molar-refractivity contribution in [2.45, 2.75) is 57.5 Å². The van der Waals surface area contributed by atoms with Crippen LogP contribution in [0.2, 0.25) is 0 Å². The van der Waals surface area contributed by atoms with Crippen molar-refractivity contribution in [3.05, 3.63) is 70.3 Å². The smallest absolute Gasteiger partial charge is 0.170 e. The van der Waals surface area contributed by atoms with E-state index >= 15 is 0 Å². The maximum atomic E-state index is 13.2. The molecule has 2 aliphatic rings. The molecule has 4 rings (SSSR count). The summed E-state index contributed by atoms with van der Waals surface area (Å²) in [4.78, 5) is 28.4. The Labute approximate surface area is 185 Å². The van der Waals surface area contributed by atoms with E-state index in [1.165, 1.54) is 37.7 Å². The molecule has 4 heteroatoms. The number of benzene rings is 2. The molecule has 0 heterocycles. The molecule has 0 aromatic heterocycles. The Bertz CT molecular complexity index is 1000. The van der Waals surface area contributed by atoms with E-state index in [-0.39, 0.29) is 24.4 Å². The minimum Gasteiger partial charge on any atom is -0.388 e. The molecule has 0 unspecified atom stereocenters. The standard InChI is InChI=1S/C27H32N2O2/c1-28-25-14-8-11-20-15-24(27(31)17-23(20)25)26(30)16-19-9-6-7-10-21(19)18-29(2)22-12-4-3-5-13-22/h6-11,14-15,22,28H,3-5,12-13,16-18H2,1-2H3. The van der Waals surface area contributed by atoms with Crippen molar-refractivity contribution in [3.63, 3.8) is 0 Å². The average molecular weight is 417 g/mol. The minimum absolute atomic E-state index is 0.0849. The average Bonchev–Trinajstić information content (AvgIpc) is 2.80. The number of hydrogen-bond donors (Lipinski definition) is 1. The quantitative estimate of drug-likeness (QED) is 0.658. The van der Waals surface area contributed by atoms with Gasteiger partial charge in [0.05, 0.1) is 5.57 Å². The van der Waals surface area contributed by atoms with Crippen LogP contribution >= 0.6 is 0 Å². The predicted octanol–water partition coefficient (Wildman–Crippen LogP) is 4.81. The lowest BCUT2D eigenvalue weighted by Crippen LogP contribution is -2.33. The summed E-state index contributed by atoms with van der Waals surface area (Å²) in [7, 11) is 4.05. The van der Waals surface area contributed by atoms with Crippen molar-refractivity contribution in [1.29, 1.82) is 0 Å². The first-order valence-corrected chi connectivity index (χ1v) is 11.4. The van der Waals surface area contributed by atoms with Gasteiger partial charge in [0.2, 0.25) is 0 Å². The van der Waals surface area contributed by atoms with Crippen LogP contribution < -0.4 is 5.32 Å². The molecule has 0 aliphatic heterocycles. The molecule has 1 saturated carbocycles. The molecular formula is C27H32N2O2. The van der Waals surface area contributed by atoms with E-state index in [4.69, 9.17) is 0 Å². The lowest BCUT2D eigenvalue weighted by molar-refractivity contribution is -0.120. The molecule has 2 aromatic rings. The summed E-state index contributed by atoms with van der Waals surface area (Å²) in [5, 5.41) is 3.14. The second-order valence-corrected chi connectivity index (χ2v) is 8.86. The summed E-state index contributed by atoms with van der Waals surface area (Å²) in [6, 6.07) is 14.7.